The van der Waals surface area contributed by atoms with Crippen LogP contribution < -0.4 is 10.6 Å². The number of benzene rings is 1. The first-order chi connectivity index (χ1) is 17.0. The van der Waals surface area contributed by atoms with E-state index in [4.69, 9.17) is 9.47 Å². The van der Waals surface area contributed by atoms with Crippen molar-refractivity contribution in [2.45, 2.75) is 32.7 Å². The van der Waals surface area contributed by atoms with Crippen LogP contribution in [0.25, 0.3) is 0 Å². The maximum Gasteiger partial charge on any atom is 0.322 e. The Hall–Kier alpha value is -2.53. The van der Waals surface area contributed by atoms with Crippen LogP contribution in [0.3, 0.4) is 0 Å². The average molecular weight is 504 g/mol. The third-order valence-electron chi connectivity index (χ3n) is 5.83. The van der Waals surface area contributed by atoms with E-state index in [9.17, 15) is 9.59 Å². The smallest absolute Gasteiger partial charge is 0.322 e. The van der Waals surface area contributed by atoms with E-state index in [0.29, 0.717) is 42.9 Å². The van der Waals surface area contributed by atoms with Crippen molar-refractivity contribution in [2.24, 2.45) is 0 Å². The molecule has 1 fully saturated rings. The van der Waals surface area contributed by atoms with Gasteiger partial charge in [0.15, 0.2) is 0 Å². The number of anilines is 1. The van der Waals surface area contributed by atoms with Gasteiger partial charge in [-0.2, -0.15) is 0 Å². The standard InChI is InChI=1S/C25H37N5O4S/c1-19(2)20-5-7-21(8-6-20)27-25(32)30(13-14-33-3)17-23-28-22(18-35-23)24(31)26-9-4-10-29-11-15-34-16-12-29/h5-8,18-19H,4,9-17H2,1-3H3,(H,26,31)(H,27,32). The molecule has 1 saturated heterocycles. The molecule has 2 heterocycles. The SMILES string of the molecule is COCCN(Cc1nc(C(=O)NCCCN2CCOCC2)cs1)C(=O)Nc1ccc(C(C)C)cc1. The number of amides is 3. The highest BCUT2D eigenvalue weighted by molar-refractivity contribution is 7.09. The largest absolute Gasteiger partial charge is 0.383 e. The van der Waals surface area contributed by atoms with Crippen molar-refractivity contribution in [2.75, 3.05) is 65.0 Å². The minimum atomic E-state index is -0.233. The number of ether oxygens (including phenoxy) is 2. The summed E-state index contributed by atoms with van der Waals surface area (Å²) in [6, 6.07) is 7.63. The summed E-state index contributed by atoms with van der Waals surface area (Å²) in [6.07, 6.45) is 0.881. The quantitative estimate of drug-likeness (QED) is 0.431. The van der Waals surface area contributed by atoms with Gasteiger partial charge in [-0.05, 0) is 36.6 Å². The Kier molecular flexibility index (Phi) is 10.9. The van der Waals surface area contributed by atoms with Gasteiger partial charge in [-0.15, -0.1) is 11.3 Å². The topological polar surface area (TPSA) is 96.0 Å². The number of hydrogen-bond donors (Lipinski definition) is 2. The molecule has 0 saturated carbocycles. The van der Waals surface area contributed by atoms with Crippen molar-refractivity contribution < 1.29 is 19.1 Å². The molecule has 1 aromatic carbocycles. The number of rotatable bonds is 12. The van der Waals surface area contributed by atoms with E-state index in [1.807, 2.05) is 24.3 Å². The molecule has 0 spiro atoms. The first kappa shape index (κ1) is 27.1. The molecular formula is C25H37N5O4S. The van der Waals surface area contributed by atoms with Gasteiger partial charge in [-0.1, -0.05) is 26.0 Å². The number of nitrogens with zero attached hydrogens (tertiary/aromatic N) is 3. The number of nitrogens with one attached hydrogen (secondary N) is 2. The molecule has 2 aromatic rings. The van der Waals surface area contributed by atoms with Gasteiger partial charge in [0.2, 0.25) is 0 Å². The molecule has 0 bridgehead atoms. The van der Waals surface area contributed by atoms with Crippen LogP contribution in [-0.4, -0.2) is 86.4 Å². The molecule has 0 unspecified atom stereocenters. The monoisotopic (exact) mass is 503 g/mol. The lowest BCUT2D eigenvalue weighted by Gasteiger charge is -2.26. The van der Waals surface area contributed by atoms with Crippen molar-refractivity contribution in [3.05, 3.63) is 45.9 Å². The second kappa shape index (κ2) is 14.1. The normalized spacial score (nSPS) is 14.2. The number of hydrogen-bond acceptors (Lipinski definition) is 7. The van der Waals surface area contributed by atoms with Gasteiger partial charge in [0, 0.05) is 44.4 Å². The number of thiazole rings is 1. The Morgan fingerprint density at radius 2 is 1.97 bits per heavy atom. The minimum Gasteiger partial charge on any atom is -0.383 e. The Bertz CT molecular complexity index is 928. The lowest BCUT2D eigenvalue weighted by molar-refractivity contribution is 0.0374. The van der Waals surface area contributed by atoms with E-state index in [2.05, 4.69) is 34.4 Å². The van der Waals surface area contributed by atoms with E-state index in [1.165, 1.54) is 16.9 Å². The molecule has 3 rings (SSSR count). The van der Waals surface area contributed by atoms with Crippen LogP contribution in [0.15, 0.2) is 29.6 Å². The van der Waals surface area contributed by atoms with Crippen molar-refractivity contribution in [3.63, 3.8) is 0 Å². The molecule has 0 atom stereocenters. The first-order valence-electron chi connectivity index (χ1n) is 12.1. The van der Waals surface area contributed by atoms with Crippen LogP contribution in [0.4, 0.5) is 10.5 Å². The van der Waals surface area contributed by atoms with Gasteiger partial charge < -0.3 is 25.0 Å². The highest BCUT2D eigenvalue weighted by Gasteiger charge is 2.18. The van der Waals surface area contributed by atoms with Gasteiger partial charge in [-0.25, -0.2) is 9.78 Å². The zero-order valence-corrected chi connectivity index (χ0v) is 21.7. The number of urea groups is 1. The van der Waals surface area contributed by atoms with Gasteiger partial charge in [-0.3, -0.25) is 9.69 Å². The lowest BCUT2D eigenvalue weighted by atomic mass is 10.0. The fourth-order valence-corrected chi connectivity index (χ4v) is 4.47. The predicted molar refractivity (Wildman–Crippen MR) is 138 cm³/mol. The highest BCUT2D eigenvalue weighted by atomic mass is 32.1. The highest BCUT2D eigenvalue weighted by Crippen LogP contribution is 2.18. The molecule has 3 amide bonds. The van der Waals surface area contributed by atoms with Crippen molar-refractivity contribution in [3.8, 4) is 0 Å². The zero-order chi connectivity index (χ0) is 25.0. The number of aromatic nitrogens is 1. The van der Waals surface area contributed by atoms with Gasteiger partial charge >= 0.3 is 6.03 Å². The lowest BCUT2D eigenvalue weighted by Crippen LogP contribution is -2.38. The summed E-state index contributed by atoms with van der Waals surface area (Å²) >= 11 is 1.37. The maximum atomic E-state index is 12.9. The molecule has 10 heteroatoms. The van der Waals surface area contributed by atoms with Crippen LogP contribution >= 0.6 is 11.3 Å². The van der Waals surface area contributed by atoms with Gasteiger partial charge in [0.05, 0.1) is 26.4 Å². The van der Waals surface area contributed by atoms with Crippen molar-refractivity contribution in [1.29, 1.82) is 0 Å². The Labute approximate surface area is 211 Å². The van der Waals surface area contributed by atoms with Gasteiger partial charge in [0.25, 0.3) is 5.91 Å². The summed E-state index contributed by atoms with van der Waals surface area (Å²) < 4.78 is 10.5. The summed E-state index contributed by atoms with van der Waals surface area (Å²) in [5.74, 6) is 0.242. The summed E-state index contributed by atoms with van der Waals surface area (Å²) in [7, 11) is 1.60. The van der Waals surface area contributed by atoms with Gasteiger partial charge in [0.1, 0.15) is 10.7 Å². The van der Waals surface area contributed by atoms with Crippen LogP contribution in [0.1, 0.15) is 47.2 Å². The molecule has 1 aliphatic heterocycles. The fourth-order valence-electron chi connectivity index (χ4n) is 3.68. The zero-order valence-electron chi connectivity index (χ0n) is 20.9. The Balaban J connectivity index is 1.50. The van der Waals surface area contributed by atoms with E-state index < -0.39 is 0 Å². The molecule has 1 aliphatic rings. The molecule has 192 valence electrons. The second-order valence-electron chi connectivity index (χ2n) is 8.81. The second-order valence-corrected chi connectivity index (χ2v) is 9.75. The summed E-state index contributed by atoms with van der Waals surface area (Å²) in [6.45, 7) is 10.4. The molecule has 9 nitrogen and oxygen atoms in total. The third-order valence-corrected chi connectivity index (χ3v) is 6.67. The van der Waals surface area contributed by atoms with Crippen LogP contribution in [-0.2, 0) is 16.0 Å². The minimum absolute atomic E-state index is 0.187. The number of methoxy groups -OCH3 is 1. The van der Waals surface area contributed by atoms with E-state index in [-0.39, 0.29) is 11.9 Å². The van der Waals surface area contributed by atoms with E-state index in [1.54, 1.807) is 17.4 Å². The molecule has 2 N–H and O–H groups in total. The van der Waals surface area contributed by atoms with Crippen molar-refractivity contribution in [1.82, 2.24) is 20.1 Å². The Morgan fingerprint density at radius 3 is 2.66 bits per heavy atom. The summed E-state index contributed by atoms with van der Waals surface area (Å²) in [5, 5.41) is 8.33. The number of carbonyl (C=O) groups excluding carboxylic acids is 2. The summed E-state index contributed by atoms with van der Waals surface area (Å²) in [4.78, 5) is 33.9. The van der Waals surface area contributed by atoms with E-state index >= 15 is 0 Å². The molecule has 0 aliphatic carbocycles. The maximum absolute atomic E-state index is 12.9. The fraction of sp³-hybridized carbons (Fsp3) is 0.560. The van der Waals surface area contributed by atoms with Crippen molar-refractivity contribution >= 4 is 29.0 Å². The number of carbonyl (C=O) groups is 2. The Morgan fingerprint density at radius 1 is 1.23 bits per heavy atom. The van der Waals surface area contributed by atoms with Crippen LogP contribution in [0.5, 0.6) is 0 Å². The van der Waals surface area contributed by atoms with Crippen LogP contribution in [0, 0.1) is 0 Å². The van der Waals surface area contributed by atoms with Crippen LogP contribution in [0.2, 0.25) is 0 Å². The molecule has 35 heavy (non-hydrogen) atoms. The van der Waals surface area contributed by atoms with E-state index in [0.717, 1.165) is 45.0 Å². The molecule has 1 aromatic heterocycles. The molecule has 0 radical (unpaired) electrons. The number of morpholine rings is 1. The third kappa shape index (κ3) is 8.88. The molecular weight excluding hydrogens is 466 g/mol. The first-order valence-corrected chi connectivity index (χ1v) is 13.0. The average Bonchev–Trinajstić information content (AvgIpc) is 3.34. The predicted octanol–water partition coefficient (Wildman–Crippen LogP) is 3.40. The summed E-state index contributed by atoms with van der Waals surface area (Å²) in [5.41, 5.74) is 2.33.